The number of primary sulfonamides is 1. The summed E-state index contributed by atoms with van der Waals surface area (Å²) >= 11 is 0. The highest BCUT2D eigenvalue weighted by molar-refractivity contribution is 7.89. The maximum atomic E-state index is 12.2. The number of ether oxygens (including phenoxy) is 1. The van der Waals surface area contributed by atoms with E-state index in [4.69, 9.17) is 9.88 Å². The van der Waals surface area contributed by atoms with Crippen molar-refractivity contribution in [3.8, 4) is 5.75 Å². The highest BCUT2D eigenvalue weighted by atomic mass is 32.2. The topological polar surface area (TPSA) is 120 Å². The second kappa shape index (κ2) is 7.95. The second-order valence-corrected chi connectivity index (χ2v) is 6.83. The molecule has 0 aliphatic heterocycles. The van der Waals surface area contributed by atoms with Crippen molar-refractivity contribution in [2.45, 2.75) is 24.8 Å². The molecule has 0 unspecified atom stereocenters. The summed E-state index contributed by atoms with van der Waals surface area (Å²) in [5.41, 5.74) is -0.000454. The number of sulfonamides is 1. The van der Waals surface area contributed by atoms with Crippen LogP contribution in [-0.4, -0.2) is 25.5 Å². The number of carbonyl (C=O) groups excluding carboxylic acids is 1. The molecular weight excluding hydrogens is 346 g/mol. The van der Waals surface area contributed by atoms with Crippen LogP contribution >= 0.6 is 0 Å². The summed E-state index contributed by atoms with van der Waals surface area (Å²) < 4.78 is 29.0. The molecule has 2 rings (SSSR count). The van der Waals surface area contributed by atoms with Gasteiger partial charge in [-0.25, -0.2) is 13.6 Å². The lowest BCUT2D eigenvalue weighted by Gasteiger charge is -2.10. The van der Waals surface area contributed by atoms with Gasteiger partial charge in [0.05, 0.1) is 11.5 Å². The third-order valence-electron chi connectivity index (χ3n) is 3.23. The molecule has 0 aliphatic rings. The smallest absolute Gasteiger partial charge is 0.293 e. The standard InChI is InChI=1S/C16H19N3O5S/c1-2-10-24-14-4-3-9-19(16(14)21)11-15(20)18-12-5-7-13(8-6-12)25(17,22)23/h3-9H,2,10-11H2,1H3,(H,18,20)(H2,17,22,23). The molecule has 0 atom stereocenters. The van der Waals surface area contributed by atoms with Crippen molar-refractivity contribution < 1.29 is 17.9 Å². The molecular formula is C16H19N3O5S. The Bertz CT molecular complexity index is 904. The molecule has 0 saturated heterocycles. The number of hydrogen-bond donors (Lipinski definition) is 2. The number of aromatic nitrogens is 1. The molecule has 1 amide bonds. The average Bonchev–Trinajstić information content (AvgIpc) is 2.55. The molecule has 0 radical (unpaired) electrons. The van der Waals surface area contributed by atoms with Crippen molar-refractivity contribution in [3.63, 3.8) is 0 Å². The van der Waals surface area contributed by atoms with Crippen molar-refractivity contribution in [3.05, 3.63) is 52.9 Å². The van der Waals surface area contributed by atoms with Gasteiger partial charge in [-0.3, -0.25) is 9.59 Å². The van der Waals surface area contributed by atoms with Crippen molar-refractivity contribution in [1.29, 1.82) is 0 Å². The first-order chi connectivity index (χ1) is 11.8. The third-order valence-corrected chi connectivity index (χ3v) is 4.16. The van der Waals surface area contributed by atoms with Gasteiger partial charge in [0.1, 0.15) is 6.54 Å². The summed E-state index contributed by atoms with van der Waals surface area (Å²) in [5, 5.41) is 7.59. The minimum absolute atomic E-state index is 0.0532. The van der Waals surface area contributed by atoms with Crippen LogP contribution in [0.25, 0.3) is 0 Å². The van der Waals surface area contributed by atoms with E-state index in [-0.39, 0.29) is 17.2 Å². The Labute approximate surface area is 145 Å². The first kappa shape index (κ1) is 18.7. The van der Waals surface area contributed by atoms with Gasteiger partial charge < -0.3 is 14.6 Å². The molecule has 0 aliphatic carbocycles. The Morgan fingerprint density at radius 1 is 1.24 bits per heavy atom. The predicted molar refractivity (Wildman–Crippen MR) is 92.9 cm³/mol. The third kappa shape index (κ3) is 5.16. The molecule has 0 bridgehead atoms. The van der Waals surface area contributed by atoms with E-state index < -0.39 is 21.5 Å². The first-order valence-corrected chi connectivity index (χ1v) is 9.11. The van der Waals surface area contributed by atoms with Gasteiger partial charge in [0.15, 0.2) is 5.75 Å². The highest BCUT2D eigenvalue weighted by Crippen LogP contribution is 2.12. The highest BCUT2D eigenvalue weighted by Gasteiger charge is 2.10. The van der Waals surface area contributed by atoms with Gasteiger partial charge in [-0.2, -0.15) is 0 Å². The van der Waals surface area contributed by atoms with Gasteiger partial charge in [0.25, 0.3) is 5.56 Å². The predicted octanol–water partition coefficient (Wildman–Crippen LogP) is 0.923. The van der Waals surface area contributed by atoms with Crippen LogP contribution in [0.4, 0.5) is 5.69 Å². The molecule has 1 aromatic heterocycles. The number of hydrogen-bond acceptors (Lipinski definition) is 5. The lowest BCUT2D eigenvalue weighted by molar-refractivity contribution is -0.116. The quantitative estimate of drug-likeness (QED) is 0.756. The van der Waals surface area contributed by atoms with Crippen LogP contribution in [0.2, 0.25) is 0 Å². The summed E-state index contributed by atoms with van der Waals surface area (Å²) in [6.07, 6.45) is 2.26. The number of carbonyl (C=O) groups is 1. The Hall–Kier alpha value is -2.65. The second-order valence-electron chi connectivity index (χ2n) is 5.27. The lowest BCUT2D eigenvalue weighted by atomic mass is 10.3. The lowest BCUT2D eigenvalue weighted by Crippen LogP contribution is -2.28. The van der Waals surface area contributed by atoms with E-state index in [0.29, 0.717) is 12.3 Å². The fourth-order valence-corrected chi connectivity index (χ4v) is 2.56. The maximum Gasteiger partial charge on any atom is 0.293 e. The van der Waals surface area contributed by atoms with Crippen LogP contribution in [0.3, 0.4) is 0 Å². The van der Waals surface area contributed by atoms with Gasteiger partial charge in [-0.15, -0.1) is 0 Å². The summed E-state index contributed by atoms with van der Waals surface area (Å²) in [7, 11) is -3.79. The zero-order valence-electron chi connectivity index (χ0n) is 13.6. The van der Waals surface area contributed by atoms with E-state index in [2.05, 4.69) is 5.32 Å². The molecule has 9 heteroatoms. The Morgan fingerprint density at radius 2 is 1.92 bits per heavy atom. The minimum Gasteiger partial charge on any atom is -0.488 e. The van der Waals surface area contributed by atoms with Crippen LogP contribution in [0.5, 0.6) is 5.75 Å². The summed E-state index contributed by atoms with van der Waals surface area (Å²) in [5.74, 6) is -0.243. The number of nitrogens with zero attached hydrogens (tertiary/aromatic N) is 1. The molecule has 1 heterocycles. The molecule has 0 saturated carbocycles. The molecule has 8 nitrogen and oxygen atoms in total. The molecule has 0 fully saturated rings. The van der Waals surface area contributed by atoms with Crippen molar-refractivity contribution in [2.24, 2.45) is 5.14 Å². The van der Waals surface area contributed by atoms with E-state index in [9.17, 15) is 18.0 Å². The van der Waals surface area contributed by atoms with Crippen LogP contribution in [0.15, 0.2) is 52.3 Å². The average molecular weight is 365 g/mol. The van der Waals surface area contributed by atoms with Gasteiger partial charge in [-0.05, 0) is 42.8 Å². The maximum absolute atomic E-state index is 12.2. The number of pyridine rings is 1. The molecule has 25 heavy (non-hydrogen) atoms. The molecule has 134 valence electrons. The number of nitrogens with two attached hydrogens (primary N) is 1. The van der Waals surface area contributed by atoms with E-state index in [1.165, 1.54) is 35.0 Å². The van der Waals surface area contributed by atoms with E-state index in [1.54, 1.807) is 12.1 Å². The molecule has 0 spiro atoms. The van der Waals surface area contributed by atoms with E-state index in [0.717, 1.165) is 6.42 Å². The van der Waals surface area contributed by atoms with Gasteiger partial charge in [0.2, 0.25) is 15.9 Å². The Kier molecular flexibility index (Phi) is 5.94. The summed E-state index contributed by atoms with van der Waals surface area (Å²) in [6.45, 7) is 2.15. The van der Waals surface area contributed by atoms with Crippen LogP contribution in [0, 0.1) is 0 Å². The van der Waals surface area contributed by atoms with E-state index >= 15 is 0 Å². The van der Waals surface area contributed by atoms with Gasteiger partial charge in [-0.1, -0.05) is 6.92 Å². The first-order valence-electron chi connectivity index (χ1n) is 7.56. The van der Waals surface area contributed by atoms with E-state index in [1.807, 2.05) is 6.92 Å². The van der Waals surface area contributed by atoms with Crippen LogP contribution in [-0.2, 0) is 21.4 Å². The largest absolute Gasteiger partial charge is 0.488 e. The van der Waals surface area contributed by atoms with Crippen LogP contribution in [0.1, 0.15) is 13.3 Å². The number of anilines is 1. The Morgan fingerprint density at radius 3 is 2.52 bits per heavy atom. The zero-order valence-corrected chi connectivity index (χ0v) is 14.5. The summed E-state index contributed by atoms with van der Waals surface area (Å²) in [4.78, 5) is 24.2. The fourth-order valence-electron chi connectivity index (χ4n) is 2.04. The molecule has 3 N–H and O–H groups in total. The number of amides is 1. The minimum atomic E-state index is -3.79. The fraction of sp³-hybridized carbons (Fsp3) is 0.250. The number of rotatable bonds is 7. The monoisotopic (exact) mass is 365 g/mol. The molecule has 1 aromatic carbocycles. The Balaban J connectivity index is 2.07. The normalized spacial score (nSPS) is 11.1. The number of nitrogens with one attached hydrogen (secondary N) is 1. The van der Waals surface area contributed by atoms with Gasteiger partial charge in [0, 0.05) is 11.9 Å². The van der Waals surface area contributed by atoms with Crippen molar-refractivity contribution in [2.75, 3.05) is 11.9 Å². The molecule has 2 aromatic rings. The van der Waals surface area contributed by atoms with Crippen molar-refractivity contribution in [1.82, 2.24) is 4.57 Å². The van der Waals surface area contributed by atoms with Crippen molar-refractivity contribution >= 4 is 21.6 Å². The van der Waals surface area contributed by atoms with Crippen LogP contribution < -0.4 is 20.8 Å². The number of benzene rings is 1. The zero-order chi connectivity index (χ0) is 18.4. The van der Waals surface area contributed by atoms with Gasteiger partial charge >= 0.3 is 0 Å². The summed E-state index contributed by atoms with van der Waals surface area (Å²) in [6, 6.07) is 8.59. The SMILES string of the molecule is CCCOc1cccn(CC(=O)Nc2ccc(S(N)(=O)=O)cc2)c1=O.